The predicted molar refractivity (Wildman–Crippen MR) is 103 cm³/mol. The van der Waals surface area contributed by atoms with Crippen LogP contribution in [0.15, 0.2) is 47.4 Å². The van der Waals surface area contributed by atoms with Gasteiger partial charge in [0, 0.05) is 30.5 Å². The molecule has 0 amide bonds. The fourth-order valence-corrected chi connectivity index (χ4v) is 3.50. The Labute approximate surface area is 154 Å². The smallest absolute Gasteiger partial charge is 0.258 e. The molecule has 2 aromatic carbocycles. The number of hydrogen-bond donors (Lipinski definition) is 1. The Bertz CT molecular complexity index is 1250. The number of pyridine rings is 1. The van der Waals surface area contributed by atoms with E-state index in [2.05, 4.69) is 33.2 Å². The van der Waals surface area contributed by atoms with Gasteiger partial charge in [-0.2, -0.15) is 0 Å². The first-order chi connectivity index (χ1) is 13.2. The molecule has 0 spiro atoms. The van der Waals surface area contributed by atoms with Crippen LogP contribution in [0, 0.1) is 0 Å². The van der Waals surface area contributed by atoms with E-state index in [1.54, 1.807) is 19.2 Å². The number of nitrogens with one attached hydrogen (secondary N) is 1. The van der Waals surface area contributed by atoms with Gasteiger partial charge < -0.3 is 14.5 Å². The second-order valence-electron chi connectivity index (χ2n) is 6.68. The highest BCUT2D eigenvalue weighted by Crippen LogP contribution is 2.31. The molecule has 0 radical (unpaired) electrons. The molecule has 3 heterocycles. The third-order valence-corrected chi connectivity index (χ3v) is 4.86. The molecule has 0 unspecified atom stereocenters. The molecular weight excluding hydrogens is 342 g/mol. The third-order valence-electron chi connectivity index (χ3n) is 4.86. The van der Waals surface area contributed by atoms with Gasteiger partial charge >= 0.3 is 0 Å². The Kier molecular flexibility index (Phi) is 3.57. The highest BCUT2D eigenvalue weighted by molar-refractivity contribution is 5.82. The van der Waals surface area contributed by atoms with Crippen molar-refractivity contribution in [3.05, 3.63) is 69.9 Å². The van der Waals surface area contributed by atoms with Crippen molar-refractivity contribution in [1.82, 2.24) is 15.0 Å². The molecule has 5 rings (SSSR count). The molecule has 1 N–H and O–H groups in total. The maximum Gasteiger partial charge on any atom is 0.258 e. The Morgan fingerprint density at radius 2 is 2.00 bits per heavy atom. The lowest BCUT2D eigenvalue weighted by Gasteiger charge is -2.13. The molecule has 6 heteroatoms. The van der Waals surface area contributed by atoms with Crippen molar-refractivity contribution in [2.24, 2.45) is 0 Å². The van der Waals surface area contributed by atoms with E-state index >= 15 is 0 Å². The van der Waals surface area contributed by atoms with Crippen LogP contribution in [0.5, 0.6) is 11.5 Å². The minimum atomic E-state index is -0.192. The van der Waals surface area contributed by atoms with E-state index in [4.69, 9.17) is 9.47 Å². The van der Waals surface area contributed by atoms with Crippen molar-refractivity contribution in [3.63, 3.8) is 0 Å². The van der Waals surface area contributed by atoms with Gasteiger partial charge in [0.1, 0.15) is 5.82 Å². The third kappa shape index (κ3) is 2.79. The standard InChI is InChI=1S/C21H17N3O3/c1-26-18-9-15-17-10-19(18)27-5-4-12-2-3-16-14(6-12)7-13(11-22-16)8-20(23-17)24-21(15)25/h2-3,6-7,9-11H,4-5,8H2,1H3,(H,23,24,25). The minimum Gasteiger partial charge on any atom is -0.493 e. The molecule has 6 bridgehead atoms. The quantitative estimate of drug-likeness (QED) is 0.565. The Morgan fingerprint density at radius 3 is 2.89 bits per heavy atom. The Balaban J connectivity index is 1.74. The van der Waals surface area contributed by atoms with Crippen molar-refractivity contribution in [2.45, 2.75) is 12.8 Å². The largest absolute Gasteiger partial charge is 0.493 e. The fraction of sp³-hybridized carbons (Fsp3) is 0.190. The summed E-state index contributed by atoms with van der Waals surface area (Å²) in [6.45, 7) is 0.497. The van der Waals surface area contributed by atoms with Crippen LogP contribution in [0.1, 0.15) is 17.0 Å². The molecule has 4 aromatic rings. The van der Waals surface area contributed by atoms with Gasteiger partial charge in [-0.1, -0.05) is 6.07 Å². The number of H-pyrrole nitrogens is 1. The van der Waals surface area contributed by atoms with Crippen LogP contribution in [-0.2, 0) is 12.8 Å². The van der Waals surface area contributed by atoms with Crippen molar-refractivity contribution in [1.29, 1.82) is 0 Å². The van der Waals surface area contributed by atoms with E-state index in [-0.39, 0.29) is 5.56 Å². The molecule has 0 aliphatic carbocycles. The average molecular weight is 359 g/mol. The first kappa shape index (κ1) is 15.8. The molecule has 2 aromatic heterocycles. The second kappa shape index (κ2) is 6.09. The lowest BCUT2D eigenvalue weighted by atomic mass is 10.1. The summed E-state index contributed by atoms with van der Waals surface area (Å²) in [4.78, 5) is 24.6. The van der Waals surface area contributed by atoms with E-state index in [9.17, 15) is 4.79 Å². The van der Waals surface area contributed by atoms with Crippen LogP contribution in [0.3, 0.4) is 0 Å². The molecule has 1 aliphatic heterocycles. The number of fused-ring (bicyclic) bond motifs is 4. The van der Waals surface area contributed by atoms with Gasteiger partial charge in [-0.3, -0.25) is 9.78 Å². The highest BCUT2D eigenvalue weighted by Gasteiger charge is 2.13. The minimum absolute atomic E-state index is 0.192. The normalized spacial score (nSPS) is 13.4. The number of rotatable bonds is 1. The molecule has 27 heavy (non-hydrogen) atoms. The van der Waals surface area contributed by atoms with Crippen LogP contribution in [0.2, 0.25) is 0 Å². The number of ether oxygens (including phenoxy) is 2. The fourth-order valence-electron chi connectivity index (χ4n) is 3.50. The van der Waals surface area contributed by atoms with E-state index < -0.39 is 0 Å². The number of hydrogen-bond acceptors (Lipinski definition) is 5. The van der Waals surface area contributed by atoms with Crippen molar-refractivity contribution in [3.8, 4) is 11.5 Å². The molecule has 0 saturated heterocycles. The monoisotopic (exact) mass is 359 g/mol. The number of benzene rings is 2. The maximum absolute atomic E-state index is 12.5. The van der Waals surface area contributed by atoms with Gasteiger partial charge in [-0.25, -0.2) is 4.98 Å². The first-order valence-corrected chi connectivity index (χ1v) is 8.81. The summed E-state index contributed by atoms with van der Waals surface area (Å²) in [5.41, 5.74) is 3.53. The van der Waals surface area contributed by atoms with E-state index in [1.165, 1.54) is 5.56 Å². The Hall–Kier alpha value is -3.41. The number of aromatic nitrogens is 3. The average Bonchev–Trinajstić information content (AvgIpc) is 2.66. The second-order valence-corrected chi connectivity index (χ2v) is 6.68. The summed E-state index contributed by atoms with van der Waals surface area (Å²) in [5, 5.41) is 1.55. The zero-order valence-electron chi connectivity index (χ0n) is 14.8. The molecule has 0 fully saturated rings. The van der Waals surface area contributed by atoms with Gasteiger partial charge in [-0.15, -0.1) is 0 Å². The number of methoxy groups -OCH3 is 1. The molecule has 6 nitrogen and oxygen atoms in total. The maximum atomic E-state index is 12.5. The molecular formula is C21H17N3O3. The van der Waals surface area contributed by atoms with Gasteiger partial charge in [0.2, 0.25) is 0 Å². The van der Waals surface area contributed by atoms with Crippen molar-refractivity contribution in [2.75, 3.05) is 13.7 Å². The van der Waals surface area contributed by atoms with Crippen molar-refractivity contribution < 1.29 is 9.47 Å². The lowest BCUT2D eigenvalue weighted by molar-refractivity contribution is 0.298. The van der Waals surface area contributed by atoms with Crippen LogP contribution in [0.25, 0.3) is 21.8 Å². The van der Waals surface area contributed by atoms with Gasteiger partial charge in [0.25, 0.3) is 5.56 Å². The van der Waals surface area contributed by atoms with Gasteiger partial charge in [0.15, 0.2) is 11.5 Å². The van der Waals surface area contributed by atoms with Gasteiger partial charge in [-0.05, 0) is 35.4 Å². The number of aromatic amines is 1. The number of nitrogens with zero attached hydrogens (tertiary/aromatic N) is 2. The van der Waals surface area contributed by atoms with Crippen LogP contribution >= 0.6 is 0 Å². The summed E-state index contributed by atoms with van der Waals surface area (Å²) < 4.78 is 11.4. The summed E-state index contributed by atoms with van der Waals surface area (Å²) in [5.74, 6) is 1.71. The van der Waals surface area contributed by atoms with Crippen LogP contribution in [0.4, 0.5) is 0 Å². The van der Waals surface area contributed by atoms with Crippen LogP contribution in [-0.4, -0.2) is 28.7 Å². The molecule has 134 valence electrons. The predicted octanol–water partition coefficient (Wildman–Crippen LogP) is 3.01. The van der Waals surface area contributed by atoms with Crippen LogP contribution < -0.4 is 15.0 Å². The lowest BCUT2D eigenvalue weighted by Crippen LogP contribution is -2.13. The SMILES string of the molecule is COc1cc2c(=O)[nH]c3nc2cc1OCCc1ccc2ncc(cc2c1)C3. The summed E-state index contributed by atoms with van der Waals surface area (Å²) >= 11 is 0. The Morgan fingerprint density at radius 1 is 1.11 bits per heavy atom. The molecule has 0 atom stereocenters. The summed E-state index contributed by atoms with van der Waals surface area (Å²) in [7, 11) is 1.57. The topological polar surface area (TPSA) is 77.1 Å². The zero-order chi connectivity index (χ0) is 18.4. The summed E-state index contributed by atoms with van der Waals surface area (Å²) in [6, 6.07) is 11.8. The first-order valence-electron chi connectivity index (χ1n) is 8.81. The summed E-state index contributed by atoms with van der Waals surface area (Å²) in [6.07, 6.45) is 3.09. The van der Waals surface area contributed by atoms with E-state index in [0.29, 0.717) is 41.3 Å². The molecule has 1 aliphatic rings. The van der Waals surface area contributed by atoms with E-state index in [0.717, 1.165) is 22.9 Å². The zero-order valence-corrected chi connectivity index (χ0v) is 14.8. The van der Waals surface area contributed by atoms with Gasteiger partial charge in [0.05, 0.1) is 30.1 Å². The molecule has 0 saturated carbocycles. The van der Waals surface area contributed by atoms with E-state index in [1.807, 2.05) is 12.3 Å². The van der Waals surface area contributed by atoms with Crippen molar-refractivity contribution >= 4 is 21.8 Å². The highest BCUT2D eigenvalue weighted by atomic mass is 16.5.